The second-order valence-corrected chi connectivity index (χ2v) is 9.25. The summed E-state index contributed by atoms with van der Waals surface area (Å²) in [7, 11) is 0. The molecular formula is C26H27N3O5. The molecule has 2 aromatic carbocycles. The number of fused-ring (bicyclic) bond motifs is 4. The van der Waals surface area contributed by atoms with Gasteiger partial charge in [0.25, 0.3) is 0 Å². The van der Waals surface area contributed by atoms with E-state index < -0.39 is 29.4 Å². The van der Waals surface area contributed by atoms with Gasteiger partial charge in [0.2, 0.25) is 17.7 Å². The van der Waals surface area contributed by atoms with Crippen molar-refractivity contribution in [2.24, 2.45) is 11.8 Å². The number of nitrogens with one attached hydrogen (secondary N) is 2. The van der Waals surface area contributed by atoms with E-state index in [2.05, 4.69) is 10.6 Å². The topological polar surface area (TPSA) is 116 Å². The number of hydrogen-bond donors (Lipinski definition) is 3. The van der Waals surface area contributed by atoms with E-state index in [0.717, 1.165) is 17.5 Å². The molecule has 0 bridgehead atoms. The number of carboxylic acids is 1. The van der Waals surface area contributed by atoms with Gasteiger partial charge in [0, 0.05) is 30.3 Å². The van der Waals surface area contributed by atoms with Gasteiger partial charge in [-0.15, -0.1) is 0 Å². The van der Waals surface area contributed by atoms with Crippen LogP contribution in [-0.4, -0.2) is 46.3 Å². The Balaban J connectivity index is 1.54. The van der Waals surface area contributed by atoms with Crippen molar-refractivity contribution in [3.05, 3.63) is 65.2 Å². The Hall–Kier alpha value is -3.52. The molecule has 3 amide bonds. The zero-order chi connectivity index (χ0) is 24.0. The van der Waals surface area contributed by atoms with Crippen LogP contribution in [0.4, 0.5) is 5.69 Å². The van der Waals surface area contributed by atoms with Crippen molar-refractivity contribution in [1.82, 2.24) is 10.2 Å². The molecule has 8 heteroatoms. The maximum absolute atomic E-state index is 13.7. The number of nitrogens with zero attached hydrogens (tertiary/aromatic N) is 1. The molecule has 1 spiro atoms. The minimum atomic E-state index is -1.39. The Morgan fingerprint density at radius 3 is 2.53 bits per heavy atom. The zero-order valence-electron chi connectivity index (χ0n) is 18.9. The summed E-state index contributed by atoms with van der Waals surface area (Å²) in [6.45, 7) is 2.23. The maximum Gasteiger partial charge on any atom is 0.303 e. The highest BCUT2D eigenvalue weighted by atomic mass is 16.4. The van der Waals surface area contributed by atoms with Crippen LogP contribution in [0.5, 0.6) is 0 Å². The van der Waals surface area contributed by atoms with Gasteiger partial charge in [-0.05, 0) is 36.5 Å². The molecule has 2 fully saturated rings. The fraction of sp³-hybridized carbons (Fsp3) is 0.385. The lowest BCUT2D eigenvalue weighted by atomic mass is 9.76. The van der Waals surface area contributed by atoms with E-state index in [1.807, 2.05) is 55.5 Å². The minimum absolute atomic E-state index is 0.153. The summed E-state index contributed by atoms with van der Waals surface area (Å²) in [5.41, 5.74) is 1.92. The fourth-order valence-corrected chi connectivity index (χ4v) is 5.76. The smallest absolute Gasteiger partial charge is 0.303 e. The van der Waals surface area contributed by atoms with Gasteiger partial charge in [0.1, 0.15) is 5.54 Å². The first kappa shape index (κ1) is 22.3. The molecule has 3 aliphatic heterocycles. The molecule has 0 saturated carbocycles. The Kier molecular flexibility index (Phi) is 5.48. The molecular weight excluding hydrogens is 434 g/mol. The number of carboxylic acid groups (broad SMARTS) is 1. The Morgan fingerprint density at radius 1 is 1.06 bits per heavy atom. The first-order valence-electron chi connectivity index (χ1n) is 11.7. The second-order valence-electron chi connectivity index (χ2n) is 9.25. The predicted octanol–water partition coefficient (Wildman–Crippen LogP) is 2.08. The third kappa shape index (κ3) is 3.32. The fourth-order valence-electron chi connectivity index (χ4n) is 5.76. The van der Waals surface area contributed by atoms with Gasteiger partial charge >= 0.3 is 5.97 Å². The SMILES string of the molecule is CCc1ccc2c(c1)[C@@]1(N[C@H](CCC(=O)O)[C@H]3C(=O)N(CCc4ccccc4)C(=O)[C@@H]31)C(=O)N2. The highest BCUT2D eigenvalue weighted by Gasteiger charge is 2.70. The van der Waals surface area contributed by atoms with E-state index >= 15 is 0 Å². The normalized spacial score (nSPS) is 27.3. The summed E-state index contributed by atoms with van der Waals surface area (Å²) >= 11 is 0. The lowest BCUT2D eigenvalue weighted by molar-refractivity contribution is -0.143. The zero-order valence-corrected chi connectivity index (χ0v) is 18.9. The Labute approximate surface area is 197 Å². The van der Waals surface area contributed by atoms with Crippen molar-refractivity contribution < 1.29 is 24.3 Å². The highest BCUT2D eigenvalue weighted by Crippen LogP contribution is 2.53. The van der Waals surface area contributed by atoms with Crippen molar-refractivity contribution in [1.29, 1.82) is 0 Å². The third-order valence-corrected chi connectivity index (χ3v) is 7.41. The molecule has 0 unspecified atom stereocenters. The van der Waals surface area contributed by atoms with Crippen molar-refractivity contribution in [3.8, 4) is 0 Å². The van der Waals surface area contributed by atoms with Gasteiger partial charge in [-0.25, -0.2) is 0 Å². The first-order valence-corrected chi connectivity index (χ1v) is 11.7. The van der Waals surface area contributed by atoms with Crippen LogP contribution in [0.25, 0.3) is 0 Å². The lowest BCUT2D eigenvalue weighted by Gasteiger charge is -2.29. The van der Waals surface area contributed by atoms with E-state index in [1.54, 1.807) is 0 Å². The second kappa shape index (κ2) is 8.36. The van der Waals surface area contributed by atoms with E-state index in [4.69, 9.17) is 0 Å². The summed E-state index contributed by atoms with van der Waals surface area (Å²) in [6, 6.07) is 14.7. The standard InChI is InChI=1S/C26H27N3O5/c1-2-15-8-9-18-17(14-15)26(25(34)27-18)22-21(19(28-26)10-11-20(30)31)23(32)29(24(22)33)13-12-16-6-4-3-5-7-16/h3-9,14,19,21-22,28H,2,10-13H2,1H3,(H,27,34)(H,30,31)/t19-,21-,22-,26+/m1/s1. The summed E-state index contributed by atoms with van der Waals surface area (Å²) in [6.07, 6.45) is 1.26. The number of imide groups is 1. The Bertz CT molecular complexity index is 1180. The molecule has 8 nitrogen and oxygen atoms in total. The van der Waals surface area contributed by atoms with Crippen molar-refractivity contribution in [2.75, 3.05) is 11.9 Å². The van der Waals surface area contributed by atoms with Crippen LogP contribution in [-0.2, 0) is 37.6 Å². The van der Waals surface area contributed by atoms with Crippen LogP contribution >= 0.6 is 0 Å². The molecule has 3 N–H and O–H groups in total. The van der Waals surface area contributed by atoms with Gasteiger partial charge < -0.3 is 10.4 Å². The number of benzene rings is 2. The Morgan fingerprint density at radius 2 is 1.82 bits per heavy atom. The number of aliphatic carboxylic acids is 1. The monoisotopic (exact) mass is 461 g/mol. The van der Waals surface area contributed by atoms with Gasteiger partial charge in [-0.1, -0.05) is 49.4 Å². The average molecular weight is 462 g/mol. The predicted molar refractivity (Wildman–Crippen MR) is 124 cm³/mol. The summed E-state index contributed by atoms with van der Waals surface area (Å²) < 4.78 is 0. The van der Waals surface area contributed by atoms with Gasteiger partial charge in [0.05, 0.1) is 11.8 Å². The molecule has 2 aromatic rings. The van der Waals surface area contributed by atoms with Crippen LogP contribution < -0.4 is 10.6 Å². The summed E-state index contributed by atoms with van der Waals surface area (Å²) in [5, 5.41) is 15.4. The van der Waals surface area contributed by atoms with E-state index in [-0.39, 0.29) is 37.1 Å². The van der Waals surface area contributed by atoms with Crippen LogP contribution in [0.3, 0.4) is 0 Å². The van der Waals surface area contributed by atoms with Gasteiger partial charge in [-0.3, -0.25) is 29.4 Å². The van der Waals surface area contributed by atoms with E-state index in [0.29, 0.717) is 17.7 Å². The number of amides is 3. The molecule has 34 heavy (non-hydrogen) atoms. The molecule has 0 aromatic heterocycles. The van der Waals surface area contributed by atoms with E-state index in [9.17, 15) is 24.3 Å². The molecule has 0 aliphatic carbocycles. The number of rotatable bonds is 7. The minimum Gasteiger partial charge on any atom is -0.481 e. The largest absolute Gasteiger partial charge is 0.481 e. The third-order valence-electron chi connectivity index (χ3n) is 7.41. The molecule has 2 saturated heterocycles. The van der Waals surface area contributed by atoms with Crippen LogP contribution in [0.15, 0.2) is 48.5 Å². The van der Waals surface area contributed by atoms with Gasteiger partial charge in [-0.2, -0.15) is 0 Å². The summed E-state index contributed by atoms with van der Waals surface area (Å²) in [5.74, 6) is -3.76. The quantitative estimate of drug-likeness (QED) is 0.544. The highest BCUT2D eigenvalue weighted by molar-refractivity contribution is 6.15. The molecule has 4 atom stereocenters. The van der Waals surface area contributed by atoms with E-state index in [1.165, 1.54) is 4.90 Å². The molecule has 3 heterocycles. The van der Waals surface area contributed by atoms with Gasteiger partial charge in [0.15, 0.2) is 0 Å². The molecule has 5 rings (SSSR count). The number of aryl methyl sites for hydroxylation is 1. The number of carbonyl (C=O) groups excluding carboxylic acids is 3. The number of carbonyl (C=O) groups is 4. The van der Waals surface area contributed by atoms with Crippen molar-refractivity contribution in [2.45, 2.75) is 44.2 Å². The molecule has 176 valence electrons. The van der Waals surface area contributed by atoms with Crippen LogP contribution in [0.1, 0.15) is 36.5 Å². The lowest BCUT2D eigenvalue weighted by Crippen LogP contribution is -2.53. The number of anilines is 1. The summed E-state index contributed by atoms with van der Waals surface area (Å²) in [4.78, 5) is 53.3. The average Bonchev–Trinajstić information content (AvgIpc) is 3.41. The molecule has 3 aliphatic rings. The van der Waals surface area contributed by atoms with Crippen LogP contribution in [0.2, 0.25) is 0 Å². The number of likely N-dealkylation sites (tertiary alicyclic amines) is 1. The van der Waals surface area contributed by atoms with Crippen LogP contribution in [0, 0.1) is 11.8 Å². The van der Waals surface area contributed by atoms with Crippen molar-refractivity contribution in [3.63, 3.8) is 0 Å². The maximum atomic E-state index is 13.7. The van der Waals surface area contributed by atoms with Crippen molar-refractivity contribution >= 4 is 29.4 Å². The first-order chi connectivity index (χ1) is 16.4. The number of hydrogen-bond acceptors (Lipinski definition) is 5. The molecule has 0 radical (unpaired) electrons.